The van der Waals surface area contributed by atoms with Crippen molar-refractivity contribution in [2.45, 2.75) is 13.8 Å². The number of nitrogens with one attached hydrogen (secondary N) is 2. The number of aryl methyl sites for hydroxylation is 2. The number of carbonyl (C=O) groups is 1. The second-order valence-electron chi connectivity index (χ2n) is 5.01. The fourth-order valence-electron chi connectivity index (χ4n) is 1.93. The lowest BCUT2D eigenvalue weighted by Crippen LogP contribution is -2.32. The van der Waals surface area contributed by atoms with Crippen molar-refractivity contribution >= 4 is 23.3 Å². The number of rotatable bonds is 5. The SMILES string of the molecule is Cc1ccc(C)c(NC(=O)NCCOc2cccc(Cl)c2)c1. The van der Waals surface area contributed by atoms with Crippen LogP contribution in [0.2, 0.25) is 5.02 Å². The molecule has 2 N–H and O–H groups in total. The topological polar surface area (TPSA) is 50.4 Å². The maximum absolute atomic E-state index is 11.8. The van der Waals surface area contributed by atoms with Crippen molar-refractivity contribution in [3.8, 4) is 5.75 Å². The van der Waals surface area contributed by atoms with Gasteiger partial charge in [0.15, 0.2) is 0 Å². The van der Waals surface area contributed by atoms with Gasteiger partial charge >= 0.3 is 6.03 Å². The lowest BCUT2D eigenvalue weighted by molar-refractivity contribution is 0.247. The van der Waals surface area contributed by atoms with Gasteiger partial charge in [-0.05, 0) is 49.2 Å². The molecule has 0 radical (unpaired) electrons. The Kier molecular flexibility index (Phi) is 5.67. The van der Waals surface area contributed by atoms with E-state index in [9.17, 15) is 4.79 Å². The maximum Gasteiger partial charge on any atom is 0.319 e. The molecule has 0 unspecified atom stereocenters. The van der Waals surface area contributed by atoms with Crippen molar-refractivity contribution in [3.05, 3.63) is 58.6 Å². The third-order valence-electron chi connectivity index (χ3n) is 3.09. The van der Waals surface area contributed by atoms with Gasteiger partial charge in [-0.25, -0.2) is 4.79 Å². The Balaban J connectivity index is 1.75. The molecule has 2 aromatic carbocycles. The number of amides is 2. The van der Waals surface area contributed by atoms with Gasteiger partial charge in [0, 0.05) is 10.7 Å². The van der Waals surface area contributed by atoms with Crippen LogP contribution in [-0.4, -0.2) is 19.2 Å². The van der Waals surface area contributed by atoms with Crippen LogP contribution in [0.25, 0.3) is 0 Å². The molecule has 2 rings (SSSR count). The molecule has 0 atom stereocenters. The first kappa shape index (κ1) is 16.2. The van der Waals surface area contributed by atoms with Crippen LogP contribution >= 0.6 is 11.6 Å². The van der Waals surface area contributed by atoms with E-state index in [1.54, 1.807) is 12.1 Å². The second-order valence-corrected chi connectivity index (χ2v) is 5.44. The Morgan fingerprint density at radius 3 is 2.77 bits per heavy atom. The molecule has 2 aromatic rings. The van der Waals surface area contributed by atoms with E-state index >= 15 is 0 Å². The first-order chi connectivity index (χ1) is 10.5. The van der Waals surface area contributed by atoms with Crippen molar-refractivity contribution in [1.29, 1.82) is 0 Å². The molecule has 22 heavy (non-hydrogen) atoms. The zero-order valence-electron chi connectivity index (χ0n) is 12.7. The number of carbonyl (C=O) groups excluding carboxylic acids is 1. The van der Waals surface area contributed by atoms with E-state index in [2.05, 4.69) is 10.6 Å². The van der Waals surface area contributed by atoms with E-state index in [0.29, 0.717) is 23.9 Å². The van der Waals surface area contributed by atoms with Crippen LogP contribution in [0.15, 0.2) is 42.5 Å². The van der Waals surface area contributed by atoms with Crippen molar-refractivity contribution in [2.75, 3.05) is 18.5 Å². The monoisotopic (exact) mass is 318 g/mol. The van der Waals surface area contributed by atoms with Crippen LogP contribution in [0.1, 0.15) is 11.1 Å². The summed E-state index contributed by atoms with van der Waals surface area (Å²) in [4.78, 5) is 11.8. The summed E-state index contributed by atoms with van der Waals surface area (Å²) in [5.74, 6) is 0.684. The Bertz CT molecular complexity index is 659. The molecule has 4 nitrogen and oxygen atoms in total. The normalized spacial score (nSPS) is 10.1. The molecule has 0 aliphatic heterocycles. The molecule has 0 aliphatic rings. The summed E-state index contributed by atoms with van der Waals surface area (Å²) in [5, 5.41) is 6.21. The number of ether oxygens (including phenoxy) is 1. The predicted octanol–water partition coefficient (Wildman–Crippen LogP) is 4.16. The average Bonchev–Trinajstić information content (AvgIpc) is 2.48. The molecule has 5 heteroatoms. The lowest BCUT2D eigenvalue weighted by Gasteiger charge is -2.11. The van der Waals surface area contributed by atoms with Crippen molar-refractivity contribution in [1.82, 2.24) is 5.32 Å². The summed E-state index contributed by atoms with van der Waals surface area (Å²) < 4.78 is 5.50. The van der Waals surface area contributed by atoms with E-state index in [4.69, 9.17) is 16.3 Å². The summed E-state index contributed by atoms with van der Waals surface area (Å²) >= 11 is 5.87. The lowest BCUT2D eigenvalue weighted by atomic mass is 10.1. The summed E-state index contributed by atoms with van der Waals surface area (Å²) in [6.45, 7) is 4.72. The number of urea groups is 1. The van der Waals surface area contributed by atoms with Crippen molar-refractivity contribution in [3.63, 3.8) is 0 Å². The van der Waals surface area contributed by atoms with E-state index in [-0.39, 0.29) is 6.03 Å². The van der Waals surface area contributed by atoms with Crippen molar-refractivity contribution < 1.29 is 9.53 Å². The minimum absolute atomic E-state index is 0.247. The van der Waals surface area contributed by atoms with Gasteiger partial charge in [0.2, 0.25) is 0 Å². The van der Waals surface area contributed by atoms with Crippen LogP contribution in [0.4, 0.5) is 10.5 Å². The van der Waals surface area contributed by atoms with E-state index in [1.165, 1.54) is 0 Å². The fourth-order valence-corrected chi connectivity index (χ4v) is 2.11. The van der Waals surface area contributed by atoms with Gasteiger partial charge < -0.3 is 15.4 Å². The Labute approximate surface area is 135 Å². The molecule has 0 aromatic heterocycles. The highest BCUT2D eigenvalue weighted by atomic mass is 35.5. The van der Waals surface area contributed by atoms with Crippen LogP contribution in [-0.2, 0) is 0 Å². The molecular formula is C17H19ClN2O2. The minimum atomic E-state index is -0.247. The van der Waals surface area contributed by atoms with E-state index < -0.39 is 0 Å². The number of halogens is 1. The van der Waals surface area contributed by atoms with Crippen LogP contribution in [0.5, 0.6) is 5.75 Å². The van der Waals surface area contributed by atoms with Crippen LogP contribution < -0.4 is 15.4 Å². The van der Waals surface area contributed by atoms with Gasteiger partial charge in [0.05, 0.1) is 6.54 Å². The highest BCUT2D eigenvalue weighted by Gasteiger charge is 2.04. The summed E-state index contributed by atoms with van der Waals surface area (Å²) in [7, 11) is 0. The first-order valence-electron chi connectivity index (χ1n) is 7.05. The standard InChI is InChI=1S/C17H19ClN2O2/c1-12-6-7-13(2)16(10-12)20-17(21)19-8-9-22-15-5-3-4-14(18)11-15/h3-7,10-11H,8-9H2,1-2H3,(H2,19,20,21). The van der Waals surface area contributed by atoms with Gasteiger partial charge in [0.1, 0.15) is 12.4 Å². The van der Waals surface area contributed by atoms with Gasteiger partial charge in [-0.1, -0.05) is 29.8 Å². The van der Waals surface area contributed by atoms with E-state index in [0.717, 1.165) is 16.8 Å². The quantitative estimate of drug-likeness (QED) is 0.813. The number of hydrogen-bond acceptors (Lipinski definition) is 2. The van der Waals surface area contributed by atoms with Gasteiger partial charge in [-0.3, -0.25) is 0 Å². The fraction of sp³-hybridized carbons (Fsp3) is 0.235. The molecule has 2 amide bonds. The smallest absolute Gasteiger partial charge is 0.319 e. The van der Waals surface area contributed by atoms with Gasteiger partial charge in [-0.2, -0.15) is 0 Å². The molecular weight excluding hydrogens is 300 g/mol. The molecule has 0 fully saturated rings. The molecule has 0 aliphatic carbocycles. The zero-order chi connectivity index (χ0) is 15.9. The number of benzene rings is 2. The third-order valence-corrected chi connectivity index (χ3v) is 3.33. The molecule has 0 heterocycles. The summed E-state index contributed by atoms with van der Waals surface area (Å²) in [6.07, 6.45) is 0. The highest BCUT2D eigenvalue weighted by Crippen LogP contribution is 2.17. The molecule has 0 spiro atoms. The third kappa shape index (κ3) is 4.97. The predicted molar refractivity (Wildman–Crippen MR) is 89.9 cm³/mol. The Hall–Kier alpha value is -2.20. The maximum atomic E-state index is 11.8. The largest absolute Gasteiger partial charge is 0.492 e. The second kappa shape index (κ2) is 7.71. The number of anilines is 1. The molecule has 0 bridgehead atoms. The highest BCUT2D eigenvalue weighted by molar-refractivity contribution is 6.30. The van der Waals surface area contributed by atoms with Crippen LogP contribution in [0, 0.1) is 13.8 Å². The molecule has 0 saturated carbocycles. The summed E-state index contributed by atoms with van der Waals surface area (Å²) in [6, 6.07) is 12.8. The molecule has 116 valence electrons. The van der Waals surface area contributed by atoms with Gasteiger partial charge in [-0.15, -0.1) is 0 Å². The minimum Gasteiger partial charge on any atom is -0.492 e. The Morgan fingerprint density at radius 2 is 2.00 bits per heavy atom. The Morgan fingerprint density at radius 1 is 1.18 bits per heavy atom. The average molecular weight is 319 g/mol. The van der Waals surface area contributed by atoms with Crippen molar-refractivity contribution in [2.24, 2.45) is 0 Å². The van der Waals surface area contributed by atoms with Crippen LogP contribution in [0.3, 0.4) is 0 Å². The molecule has 0 saturated heterocycles. The first-order valence-corrected chi connectivity index (χ1v) is 7.43. The zero-order valence-corrected chi connectivity index (χ0v) is 13.4. The van der Waals surface area contributed by atoms with E-state index in [1.807, 2.05) is 44.2 Å². The van der Waals surface area contributed by atoms with Gasteiger partial charge in [0.25, 0.3) is 0 Å². The number of hydrogen-bond donors (Lipinski definition) is 2. The summed E-state index contributed by atoms with van der Waals surface area (Å²) in [5.41, 5.74) is 2.94.